The topological polar surface area (TPSA) is 111 Å². The van der Waals surface area contributed by atoms with E-state index in [4.69, 9.17) is 0 Å². The van der Waals surface area contributed by atoms with Gasteiger partial charge in [0, 0.05) is 31.0 Å². The lowest BCUT2D eigenvalue weighted by Crippen LogP contribution is -2.47. The minimum atomic E-state index is -0.676. The highest BCUT2D eigenvalue weighted by Crippen LogP contribution is 2.24. The van der Waals surface area contributed by atoms with Crippen LogP contribution in [0.15, 0.2) is 103 Å². The minimum absolute atomic E-state index is 0.193. The molecule has 0 aliphatic heterocycles. The molecule has 5 N–H and O–H groups in total. The van der Waals surface area contributed by atoms with Crippen molar-refractivity contribution in [2.45, 2.75) is 58.4 Å². The van der Waals surface area contributed by atoms with Crippen molar-refractivity contribution in [3.8, 4) is 0 Å². The third kappa shape index (κ3) is 9.11. The summed E-state index contributed by atoms with van der Waals surface area (Å²) in [5.41, 5.74) is 5.06. The Morgan fingerprint density at radius 2 is 1.60 bits per heavy atom. The van der Waals surface area contributed by atoms with Crippen LogP contribution in [0.2, 0.25) is 0 Å². The quantitative estimate of drug-likeness (QED) is 0.0987. The van der Waals surface area contributed by atoms with Gasteiger partial charge in [-0.3, -0.25) is 9.59 Å². The number of aromatic nitrogens is 2. The fourth-order valence-electron chi connectivity index (χ4n) is 5.51. The van der Waals surface area contributed by atoms with Crippen LogP contribution in [0.3, 0.4) is 0 Å². The summed E-state index contributed by atoms with van der Waals surface area (Å²) >= 11 is 0. The number of nitrogens with one attached hydrogen (secondary N) is 5. The van der Waals surface area contributed by atoms with E-state index in [0.717, 1.165) is 47.2 Å². The number of carbonyl (C=O) groups excluding carboxylic acids is 2. The number of rotatable bonds is 15. The van der Waals surface area contributed by atoms with E-state index in [1.807, 2.05) is 43.3 Å². The average Bonchev–Trinajstić information content (AvgIpc) is 3.57. The van der Waals surface area contributed by atoms with E-state index in [-0.39, 0.29) is 17.9 Å². The Kier molecular flexibility index (Phi) is 11.1. The van der Waals surface area contributed by atoms with Crippen LogP contribution in [0.25, 0.3) is 10.8 Å². The Hall–Kier alpha value is -4.79. The Morgan fingerprint density at radius 1 is 0.822 bits per heavy atom. The van der Waals surface area contributed by atoms with Gasteiger partial charge in [0.2, 0.25) is 5.91 Å². The molecule has 0 bridgehead atoms. The number of H-pyrrole nitrogens is 1. The maximum atomic E-state index is 13.7. The van der Waals surface area contributed by atoms with E-state index < -0.39 is 6.04 Å². The van der Waals surface area contributed by atoms with Gasteiger partial charge in [0.1, 0.15) is 11.9 Å². The summed E-state index contributed by atoms with van der Waals surface area (Å²) in [4.78, 5) is 34.3. The molecule has 0 radical (unpaired) electrons. The average molecular weight is 603 g/mol. The SMILES string of the molecule is Cc1cccc(CNCCC[C@H](NC(=O)c2ccc(CNCc3ncc[nH]3)cc2)C(=O)N[C@@H](C)c2cccc3ccccc23)c1. The van der Waals surface area contributed by atoms with Gasteiger partial charge >= 0.3 is 0 Å². The number of hydrogen-bond donors (Lipinski definition) is 5. The monoisotopic (exact) mass is 602 g/mol. The molecule has 2 atom stereocenters. The second-order valence-corrected chi connectivity index (χ2v) is 11.5. The molecule has 1 heterocycles. The second kappa shape index (κ2) is 15.8. The first kappa shape index (κ1) is 31.6. The molecule has 1 aromatic heterocycles. The predicted molar refractivity (Wildman–Crippen MR) is 179 cm³/mol. The number of benzene rings is 4. The van der Waals surface area contributed by atoms with E-state index in [2.05, 4.69) is 80.6 Å². The second-order valence-electron chi connectivity index (χ2n) is 11.5. The standard InChI is InChI=1S/C37H42N6O2/c1-26-8-5-9-29(22-26)24-38-19-7-14-34(37(45)42-27(2)32-13-6-11-30-10-3-4-12-33(30)32)43-36(44)31-17-15-28(16-18-31)23-39-25-35-40-20-21-41-35/h3-6,8-13,15-18,20-22,27,34,38-39H,7,14,19,23-25H2,1-2H3,(H,40,41)(H,42,45)(H,43,44)/t27-,34-/m0/s1. The normalized spacial score (nSPS) is 12.5. The van der Waals surface area contributed by atoms with Crippen LogP contribution in [0, 0.1) is 6.92 Å². The lowest BCUT2D eigenvalue weighted by molar-refractivity contribution is -0.123. The van der Waals surface area contributed by atoms with Crippen LogP contribution >= 0.6 is 0 Å². The molecule has 0 aliphatic carbocycles. The van der Waals surface area contributed by atoms with Gasteiger partial charge in [-0.25, -0.2) is 4.98 Å². The highest BCUT2D eigenvalue weighted by Gasteiger charge is 2.23. The van der Waals surface area contributed by atoms with Crippen molar-refractivity contribution in [1.82, 2.24) is 31.2 Å². The molecule has 0 fully saturated rings. The van der Waals surface area contributed by atoms with Crippen LogP contribution in [-0.4, -0.2) is 34.4 Å². The molecule has 8 nitrogen and oxygen atoms in total. The van der Waals surface area contributed by atoms with Crippen molar-refractivity contribution in [1.29, 1.82) is 0 Å². The van der Waals surface area contributed by atoms with Crippen molar-refractivity contribution >= 4 is 22.6 Å². The molecule has 0 aliphatic rings. The molecule has 0 saturated heterocycles. The van der Waals surface area contributed by atoms with E-state index >= 15 is 0 Å². The molecular weight excluding hydrogens is 560 g/mol. The van der Waals surface area contributed by atoms with E-state index in [0.29, 0.717) is 25.1 Å². The van der Waals surface area contributed by atoms with Gasteiger partial charge in [0.25, 0.3) is 5.91 Å². The smallest absolute Gasteiger partial charge is 0.251 e. The number of aryl methyl sites for hydroxylation is 1. The Balaban J connectivity index is 1.20. The lowest BCUT2D eigenvalue weighted by Gasteiger charge is -2.23. The van der Waals surface area contributed by atoms with Gasteiger partial charge in [-0.05, 0) is 72.8 Å². The van der Waals surface area contributed by atoms with Gasteiger partial charge < -0.3 is 26.3 Å². The van der Waals surface area contributed by atoms with Gasteiger partial charge in [0.15, 0.2) is 0 Å². The van der Waals surface area contributed by atoms with Gasteiger partial charge in [-0.2, -0.15) is 0 Å². The molecule has 232 valence electrons. The molecule has 5 rings (SSSR count). The fraction of sp³-hybridized carbons (Fsp3) is 0.270. The van der Waals surface area contributed by atoms with E-state index in [1.165, 1.54) is 11.1 Å². The lowest BCUT2D eigenvalue weighted by atomic mass is 9.99. The summed E-state index contributed by atoms with van der Waals surface area (Å²) < 4.78 is 0. The number of hydrogen-bond acceptors (Lipinski definition) is 5. The summed E-state index contributed by atoms with van der Waals surface area (Å²) in [6.07, 6.45) is 4.76. The number of amides is 2. The van der Waals surface area contributed by atoms with Crippen molar-refractivity contribution in [3.63, 3.8) is 0 Å². The molecule has 0 unspecified atom stereocenters. The molecule has 4 aromatic carbocycles. The third-order valence-electron chi connectivity index (χ3n) is 7.92. The Labute approximate surface area is 265 Å². The maximum absolute atomic E-state index is 13.7. The van der Waals surface area contributed by atoms with Crippen LogP contribution in [0.4, 0.5) is 0 Å². The predicted octanol–water partition coefficient (Wildman–Crippen LogP) is 5.71. The Morgan fingerprint density at radius 3 is 2.40 bits per heavy atom. The van der Waals surface area contributed by atoms with Crippen molar-refractivity contribution < 1.29 is 9.59 Å². The number of aromatic amines is 1. The minimum Gasteiger partial charge on any atom is -0.348 e. The number of carbonyl (C=O) groups is 2. The van der Waals surface area contributed by atoms with E-state index in [1.54, 1.807) is 24.5 Å². The van der Waals surface area contributed by atoms with Crippen LogP contribution in [-0.2, 0) is 24.4 Å². The van der Waals surface area contributed by atoms with E-state index in [9.17, 15) is 9.59 Å². The number of fused-ring (bicyclic) bond motifs is 1. The highest BCUT2D eigenvalue weighted by molar-refractivity contribution is 5.97. The van der Waals surface area contributed by atoms with Gasteiger partial charge in [-0.1, -0.05) is 84.4 Å². The molecule has 5 aromatic rings. The van der Waals surface area contributed by atoms with Crippen molar-refractivity contribution in [2.75, 3.05) is 6.54 Å². The van der Waals surface area contributed by atoms with Crippen LogP contribution < -0.4 is 21.3 Å². The molecule has 0 saturated carbocycles. The zero-order valence-electron chi connectivity index (χ0n) is 26.0. The molecule has 8 heteroatoms. The summed E-state index contributed by atoms with van der Waals surface area (Å²) in [6.45, 7) is 6.83. The first-order valence-electron chi connectivity index (χ1n) is 15.6. The third-order valence-corrected chi connectivity index (χ3v) is 7.92. The summed E-state index contributed by atoms with van der Waals surface area (Å²) in [5, 5.41) is 15.2. The molecule has 45 heavy (non-hydrogen) atoms. The fourth-order valence-corrected chi connectivity index (χ4v) is 5.51. The van der Waals surface area contributed by atoms with Gasteiger partial charge in [0.05, 0.1) is 12.6 Å². The summed E-state index contributed by atoms with van der Waals surface area (Å²) in [6, 6.07) is 29.3. The highest BCUT2D eigenvalue weighted by atomic mass is 16.2. The number of nitrogens with zero attached hydrogens (tertiary/aromatic N) is 1. The van der Waals surface area contributed by atoms with Crippen molar-refractivity contribution in [3.05, 3.63) is 137 Å². The molecular formula is C37H42N6O2. The first-order valence-corrected chi connectivity index (χ1v) is 15.6. The first-order chi connectivity index (χ1) is 22.0. The summed E-state index contributed by atoms with van der Waals surface area (Å²) in [7, 11) is 0. The zero-order valence-corrected chi connectivity index (χ0v) is 26.0. The van der Waals surface area contributed by atoms with Crippen LogP contribution in [0.5, 0.6) is 0 Å². The van der Waals surface area contributed by atoms with Crippen LogP contribution in [0.1, 0.15) is 64.2 Å². The molecule has 0 spiro atoms. The maximum Gasteiger partial charge on any atom is 0.251 e. The summed E-state index contributed by atoms with van der Waals surface area (Å²) in [5.74, 6) is 0.410. The van der Waals surface area contributed by atoms with Crippen molar-refractivity contribution in [2.24, 2.45) is 0 Å². The Bertz CT molecular complexity index is 1680. The zero-order chi connectivity index (χ0) is 31.4. The molecule has 2 amide bonds. The largest absolute Gasteiger partial charge is 0.348 e. The number of imidazole rings is 1. The van der Waals surface area contributed by atoms with Gasteiger partial charge in [-0.15, -0.1) is 0 Å².